The van der Waals surface area contributed by atoms with Gasteiger partial charge in [0.2, 0.25) is 0 Å². The van der Waals surface area contributed by atoms with Crippen LogP contribution in [0.25, 0.3) is 11.2 Å². The molecular formula is C23H24FN5O4. The number of halogens is 1. The molecule has 0 saturated carbocycles. The zero-order valence-corrected chi connectivity index (χ0v) is 18.3. The van der Waals surface area contributed by atoms with Gasteiger partial charge in [0.25, 0.3) is 5.56 Å². The van der Waals surface area contributed by atoms with Crippen molar-refractivity contribution >= 4 is 11.2 Å². The Labute approximate surface area is 188 Å². The number of nitrogens with zero attached hydrogens (tertiary/aromatic N) is 4. The van der Waals surface area contributed by atoms with Crippen LogP contribution in [-0.4, -0.2) is 25.3 Å². The Morgan fingerprint density at radius 2 is 1.79 bits per heavy atom. The molecule has 10 heteroatoms. The highest BCUT2D eigenvalue weighted by molar-refractivity contribution is 5.72. The first kappa shape index (κ1) is 22.4. The van der Waals surface area contributed by atoms with Crippen LogP contribution in [0.1, 0.15) is 17.5 Å². The van der Waals surface area contributed by atoms with Gasteiger partial charge in [-0.05, 0) is 42.7 Å². The van der Waals surface area contributed by atoms with Crippen molar-refractivity contribution in [2.45, 2.75) is 26.4 Å². The van der Waals surface area contributed by atoms with E-state index in [1.165, 1.54) is 16.7 Å². The standard InChI is InChI=1S/C23H24FN5O4/c1-15-6-3-4-7-18(15)33-22-26-20-19(29(22)14-16-8-10-17(24)11-9-16)21(30)28(12-5-13-32-25)23(31)27(20)2/h3-4,6-11H,5,12-14,25H2,1-2H3. The topological polar surface area (TPSA) is 106 Å². The molecule has 172 valence electrons. The molecule has 2 aromatic carbocycles. The number of hydrogen-bond donors (Lipinski definition) is 1. The van der Waals surface area contributed by atoms with Crippen LogP contribution < -0.4 is 21.9 Å². The van der Waals surface area contributed by atoms with E-state index in [9.17, 15) is 14.0 Å². The summed E-state index contributed by atoms with van der Waals surface area (Å²) in [6.45, 7) is 2.42. The molecule has 2 N–H and O–H groups in total. The monoisotopic (exact) mass is 453 g/mol. The minimum atomic E-state index is -0.501. The molecule has 33 heavy (non-hydrogen) atoms. The van der Waals surface area contributed by atoms with Gasteiger partial charge in [-0.2, -0.15) is 4.98 Å². The number of nitrogens with two attached hydrogens (primary N) is 1. The Bertz CT molecular complexity index is 1410. The van der Waals surface area contributed by atoms with Crippen molar-refractivity contribution in [3.8, 4) is 11.8 Å². The Morgan fingerprint density at radius 3 is 2.48 bits per heavy atom. The Morgan fingerprint density at radius 1 is 1.06 bits per heavy atom. The smallest absolute Gasteiger partial charge is 0.332 e. The summed E-state index contributed by atoms with van der Waals surface area (Å²) in [5, 5.41) is 0. The number of para-hydroxylation sites is 1. The maximum absolute atomic E-state index is 13.4. The van der Waals surface area contributed by atoms with Gasteiger partial charge in [-0.1, -0.05) is 30.3 Å². The number of hydrogen-bond acceptors (Lipinski definition) is 6. The molecule has 0 spiro atoms. The summed E-state index contributed by atoms with van der Waals surface area (Å²) in [4.78, 5) is 35.3. The van der Waals surface area contributed by atoms with Crippen LogP contribution >= 0.6 is 0 Å². The summed E-state index contributed by atoms with van der Waals surface area (Å²) in [6, 6.07) is 13.5. The average molecular weight is 453 g/mol. The fraction of sp³-hybridized carbons (Fsp3) is 0.261. The molecule has 0 aliphatic heterocycles. The molecule has 2 heterocycles. The van der Waals surface area contributed by atoms with E-state index >= 15 is 0 Å². The molecule has 0 aliphatic rings. The lowest BCUT2D eigenvalue weighted by atomic mass is 10.2. The van der Waals surface area contributed by atoms with Crippen LogP contribution in [0.4, 0.5) is 4.39 Å². The summed E-state index contributed by atoms with van der Waals surface area (Å²) < 4.78 is 23.6. The molecule has 2 aromatic heterocycles. The zero-order chi connectivity index (χ0) is 23.5. The van der Waals surface area contributed by atoms with Gasteiger partial charge in [0.05, 0.1) is 13.2 Å². The van der Waals surface area contributed by atoms with Crippen molar-refractivity contribution in [1.29, 1.82) is 0 Å². The van der Waals surface area contributed by atoms with Crippen LogP contribution in [0.3, 0.4) is 0 Å². The molecule has 0 saturated heterocycles. The molecule has 0 amide bonds. The van der Waals surface area contributed by atoms with E-state index in [1.807, 2.05) is 25.1 Å². The van der Waals surface area contributed by atoms with Gasteiger partial charge in [0.15, 0.2) is 11.2 Å². The third kappa shape index (κ3) is 4.43. The Balaban J connectivity index is 1.91. The van der Waals surface area contributed by atoms with Gasteiger partial charge in [-0.25, -0.2) is 15.1 Å². The number of aromatic nitrogens is 4. The van der Waals surface area contributed by atoms with E-state index in [0.717, 1.165) is 15.7 Å². The number of benzene rings is 2. The second-order valence-electron chi connectivity index (χ2n) is 7.67. The predicted molar refractivity (Wildman–Crippen MR) is 121 cm³/mol. The van der Waals surface area contributed by atoms with Gasteiger partial charge >= 0.3 is 11.7 Å². The molecule has 0 bridgehead atoms. The molecule has 9 nitrogen and oxygen atoms in total. The largest absolute Gasteiger partial charge is 0.425 e. The molecule has 0 aliphatic carbocycles. The quantitative estimate of drug-likeness (QED) is 0.325. The Hall–Kier alpha value is -3.76. The van der Waals surface area contributed by atoms with Crippen molar-refractivity contribution in [2.75, 3.05) is 6.61 Å². The second-order valence-corrected chi connectivity index (χ2v) is 7.67. The minimum Gasteiger partial charge on any atom is -0.425 e. The first-order valence-electron chi connectivity index (χ1n) is 10.4. The van der Waals surface area contributed by atoms with Crippen molar-refractivity contribution in [3.63, 3.8) is 0 Å². The summed E-state index contributed by atoms with van der Waals surface area (Å²) in [7, 11) is 1.55. The highest BCUT2D eigenvalue weighted by Crippen LogP contribution is 2.27. The van der Waals surface area contributed by atoms with E-state index in [0.29, 0.717) is 12.2 Å². The molecule has 0 unspecified atom stereocenters. The number of ether oxygens (including phenoxy) is 1. The van der Waals surface area contributed by atoms with Crippen LogP contribution in [0, 0.1) is 12.7 Å². The van der Waals surface area contributed by atoms with Gasteiger partial charge in [-0.3, -0.25) is 18.5 Å². The number of fused-ring (bicyclic) bond motifs is 1. The molecule has 0 atom stereocenters. The van der Waals surface area contributed by atoms with E-state index in [1.54, 1.807) is 29.8 Å². The SMILES string of the molecule is Cc1ccccc1Oc1nc2c(c(=O)n(CCCON)c(=O)n2C)n1Cc1ccc(F)cc1. The summed E-state index contributed by atoms with van der Waals surface area (Å²) in [5.41, 5.74) is 1.02. The first-order chi connectivity index (χ1) is 15.9. The third-order valence-corrected chi connectivity index (χ3v) is 5.39. The van der Waals surface area contributed by atoms with Crippen molar-refractivity contribution in [1.82, 2.24) is 18.7 Å². The lowest BCUT2D eigenvalue weighted by Gasteiger charge is -2.12. The summed E-state index contributed by atoms with van der Waals surface area (Å²) in [6.07, 6.45) is 0.385. The minimum absolute atomic E-state index is 0.133. The summed E-state index contributed by atoms with van der Waals surface area (Å²) >= 11 is 0. The zero-order valence-electron chi connectivity index (χ0n) is 18.3. The fourth-order valence-electron chi connectivity index (χ4n) is 3.62. The second kappa shape index (κ2) is 9.39. The van der Waals surface area contributed by atoms with Gasteiger partial charge in [-0.15, -0.1) is 0 Å². The lowest BCUT2D eigenvalue weighted by Crippen LogP contribution is -2.40. The molecule has 0 radical (unpaired) electrons. The number of rotatable bonds is 8. The average Bonchev–Trinajstić information content (AvgIpc) is 3.16. The Kier molecular flexibility index (Phi) is 6.38. The number of aryl methyl sites for hydroxylation is 2. The van der Waals surface area contributed by atoms with Crippen LogP contribution in [0.2, 0.25) is 0 Å². The van der Waals surface area contributed by atoms with Crippen LogP contribution in [-0.2, 0) is 25.0 Å². The normalized spacial score (nSPS) is 11.3. The highest BCUT2D eigenvalue weighted by atomic mass is 19.1. The van der Waals surface area contributed by atoms with E-state index < -0.39 is 11.2 Å². The van der Waals surface area contributed by atoms with Crippen LogP contribution in [0.15, 0.2) is 58.1 Å². The lowest BCUT2D eigenvalue weighted by molar-refractivity contribution is 0.131. The van der Waals surface area contributed by atoms with E-state index in [2.05, 4.69) is 9.82 Å². The first-order valence-corrected chi connectivity index (χ1v) is 10.4. The predicted octanol–water partition coefficient (Wildman–Crippen LogP) is 2.47. The van der Waals surface area contributed by atoms with Crippen LogP contribution in [0.5, 0.6) is 11.8 Å². The molecule has 4 aromatic rings. The maximum atomic E-state index is 13.4. The van der Waals surface area contributed by atoms with Gasteiger partial charge < -0.3 is 9.57 Å². The van der Waals surface area contributed by atoms with E-state index in [4.69, 9.17) is 10.6 Å². The number of imidazole rings is 1. The molecule has 0 fully saturated rings. The highest BCUT2D eigenvalue weighted by Gasteiger charge is 2.22. The third-order valence-electron chi connectivity index (χ3n) is 5.39. The van der Waals surface area contributed by atoms with E-state index in [-0.39, 0.29) is 42.7 Å². The van der Waals surface area contributed by atoms with Crippen molar-refractivity contribution in [3.05, 3.63) is 86.3 Å². The van der Waals surface area contributed by atoms with Crippen molar-refractivity contribution in [2.24, 2.45) is 12.9 Å². The van der Waals surface area contributed by atoms with Crippen molar-refractivity contribution < 1.29 is 14.0 Å². The molecule has 4 rings (SSSR count). The molecular weight excluding hydrogens is 429 g/mol. The fourth-order valence-corrected chi connectivity index (χ4v) is 3.62. The van der Waals surface area contributed by atoms with Gasteiger partial charge in [0, 0.05) is 13.6 Å². The maximum Gasteiger partial charge on any atom is 0.332 e. The summed E-state index contributed by atoms with van der Waals surface area (Å²) in [5.74, 6) is 5.28. The van der Waals surface area contributed by atoms with Gasteiger partial charge in [0.1, 0.15) is 11.6 Å².